The van der Waals surface area contributed by atoms with Gasteiger partial charge in [-0.05, 0) is 54.8 Å². The lowest BCUT2D eigenvalue weighted by Crippen LogP contribution is -2.40. The zero-order chi connectivity index (χ0) is 25.2. The van der Waals surface area contributed by atoms with Crippen LogP contribution in [0.4, 0.5) is 0 Å². The van der Waals surface area contributed by atoms with Gasteiger partial charge in [0.25, 0.3) is 0 Å². The van der Waals surface area contributed by atoms with E-state index in [1.165, 1.54) is 11.3 Å². The molecule has 186 valence electrons. The first-order valence-electron chi connectivity index (χ1n) is 11.2. The van der Waals surface area contributed by atoms with Crippen molar-refractivity contribution in [2.75, 3.05) is 18.8 Å². The molecular weight excluding hydrogens is 510 g/mol. The standard InChI is InChI=1S/C24H26ClN3O5S2/c1-16-14-28(15-23(30)31)24(34-16)26-20-6-9-27(10-7-20)22(29)8-11-35(32,33)21-5-3-17-12-19(25)4-2-18(17)13-21/h2-5,12-14,20H,6-11,15H2,1H3,(H,30,31)/b26-24-. The van der Waals surface area contributed by atoms with Gasteiger partial charge in [-0.1, -0.05) is 23.7 Å². The summed E-state index contributed by atoms with van der Waals surface area (Å²) in [5.74, 6) is -1.36. The van der Waals surface area contributed by atoms with E-state index in [2.05, 4.69) is 0 Å². The summed E-state index contributed by atoms with van der Waals surface area (Å²) in [4.78, 5) is 32.0. The number of sulfone groups is 1. The number of carboxylic acids is 1. The van der Waals surface area contributed by atoms with Crippen LogP contribution >= 0.6 is 22.9 Å². The second-order valence-corrected chi connectivity index (χ2v) is 12.4. The number of aromatic nitrogens is 1. The van der Waals surface area contributed by atoms with Crippen LogP contribution < -0.4 is 4.80 Å². The average Bonchev–Trinajstić information content (AvgIpc) is 3.15. The lowest BCUT2D eigenvalue weighted by Gasteiger charge is -2.30. The molecule has 35 heavy (non-hydrogen) atoms. The molecule has 8 nitrogen and oxygen atoms in total. The molecule has 0 spiro atoms. The largest absolute Gasteiger partial charge is 0.480 e. The Hall–Kier alpha value is -2.69. The molecule has 1 N–H and O–H groups in total. The van der Waals surface area contributed by atoms with E-state index in [-0.39, 0.29) is 35.6 Å². The van der Waals surface area contributed by atoms with Crippen LogP contribution in [-0.4, -0.2) is 59.8 Å². The summed E-state index contributed by atoms with van der Waals surface area (Å²) in [7, 11) is -3.61. The van der Waals surface area contributed by atoms with Gasteiger partial charge in [0.2, 0.25) is 5.91 Å². The molecule has 0 saturated carbocycles. The number of hydrogen-bond donors (Lipinski definition) is 1. The lowest BCUT2D eigenvalue weighted by atomic mass is 10.1. The number of rotatable bonds is 7. The number of benzene rings is 2. The van der Waals surface area contributed by atoms with Crippen LogP contribution in [0.15, 0.2) is 52.5 Å². The number of carbonyl (C=O) groups excluding carboxylic acids is 1. The second kappa shape index (κ2) is 10.5. The highest BCUT2D eigenvalue weighted by Gasteiger charge is 2.25. The van der Waals surface area contributed by atoms with E-state index in [1.54, 1.807) is 52.1 Å². The van der Waals surface area contributed by atoms with E-state index in [1.807, 2.05) is 6.92 Å². The van der Waals surface area contributed by atoms with Gasteiger partial charge in [-0.15, -0.1) is 11.3 Å². The molecule has 0 unspecified atom stereocenters. The van der Waals surface area contributed by atoms with E-state index in [4.69, 9.17) is 21.7 Å². The zero-order valence-corrected chi connectivity index (χ0v) is 21.6. The maximum atomic E-state index is 12.8. The molecule has 1 aromatic heterocycles. The highest BCUT2D eigenvalue weighted by Crippen LogP contribution is 2.24. The number of aliphatic carboxylic acids is 1. The van der Waals surface area contributed by atoms with Crippen molar-refractivity contribution in [2.24, 2.45) is 4.99 Å². The first-order valence-corrected chi connectivity index (χ1v) is 14.1. The van der Waals surface area contributed by atoms with Crippen molar-refractivity contribution in [3.63, 3.8) is 0 Å². The average molecular weight is 536 g/mol. The predicted octanol–water partition coefficient (Wildman–Crippen LogP) is 3.50. The maximum Gasteiger partial charge on any atom is 0.323 e. The van der Waals surface area contributed by atoms with Crippen molar-refractivity contribution in [1.29, 1.82) is 0 Å². The van der Waals surface area contributed by atoms with Crippen LogP contribution in [-0.2, 0) is 26.0 Å². The number of likely N-dealkylation sites (tertiary alicyclic amines) is 1. The summed E-state index contributed by atoms with van der Waals surface area (Å²) >= 11 is 7.44. The molecule has 3 aromatic rings. The highest BCUT2D eigenvalue weighted by atomic mass is 35.5. The van der Waals surface area contributed by atoms with Crippen LogP contribution in [0.3, 0.4) is 0 Å². The first-order chi connectivity index (χ1) is 16.6. The normalized spacial score (nSPS) is 15.6. The minimum absolute atomic E-state index is 0.00743. The quantitative estimate of drug-likeness (QED) is 0.498. The number of halogens is 1. The van der Waals surface area contributed by atoms with E-state index in [0.29, 0.717) is 35.8 Å². The van der Waals surface area contributed by atoms with E-state index in [9.17, 15) is 18.0 Å². The van der Waals surface area contributed by atoms with Gasteiger partial charge in [0.05, 0.1) is 16.7 Å². The zero-order valence-electron chi connectivity index (χ0n) is 19.2. The molecule has 2 heterocycles. The molecule has 1 aliphatic rings. The molecule has 2 aromatic carbocycles. The van der Waals surface area contributed by atoms with Crippen LogP contribution in [0.25, 0.3) is 10.8 Å². The van der Waals surface area contributed by atoms with Crippen LogP contribution in [0.2, 0.25) is 5.02 Å². The minimum Gasteiger partial charge on any atom is -0.480 e. The third-order valence-corrected chi connectivity index (χ3v) is 8.87. The van der Waals surface area contributed by atoms with Gasteiger partial charge in [-0.3, -0.25) is 14.6 Å². The third kappa shape index (κ3) is 6.31. The van der Waals surface area contributed by atoms with Crippen molar-refractivity contribution in [3.05, 3.63) is 57.3 Å². The fraction of sp³-hybridized carbons (Fsp3) is 0.375. The summed E-state index contributed by atoms with van der Waals surface area (Å²) in [6.45, 7) is 2.75. The Kier molecular flexibility index (Phi) is 7.63. The number of fused-ring (bicyclic) bond motifs is 1. The first kappa shape index (κ1) is 25.4. The van der Waals surface area contributed by atoms with Gasteiger partial charge in [-0.2, -0.15) is 0 Å². The summed E-state index contributed by atoms with van der Waals surface area (Å²) in [5, 5.41) is 11.3. The summed E-state index contributed by atoms with van der Waals surface area (Å²) < 4.78 is 27.3. The molecule has 11 heteroatoms. The number of aryl methyl sites for hydroxylation is 1. The van der Waals surface area contributed by atoms with Crippen LogP contribution in [0.5, 0.6) is 0 Å². The number of thiazole rings is 1. The third-order valence-electron chi connectivity index (χ3n) is 5.97. The summed E-state index contributed by atoms with van der Waals surface area (Å²) in [6.07, 6.45) is 3.00. The molecule has 1 fully saturated rings. The molecule has 0 aliphatic carbocycles. The van der Waals surface area contributed by atoms with E-state index in [0.717, 1.165) is 15.6 Å². The van der Waals surface area contributed by atoms with Crippen molar-refractivity contribution < 1.29 is 23.1 Å². The number of hydrogen-bond acceptors (Lipinski definition) is 6. The number of amides is 1. The van der Waals surface area contributed by atoms with Gasteiger partial charge < -0.3 is 14.6 Å². The number of piperidine rings is 1. The Balaban J connectivity index is 1.35. The Labute approximate surface area is 212 Å². The molecule has 0 atom stereocenters. The van der Waals surface area contributed by atoms with Crippen molar-refractivity contribution >= 4 is 55.4 Å². The Morgan fingerprint density at radius 3 is 2.54 bits per heavy atom. The Bertz CT molecular complexity index is 1440. The highest BCUT2D eigenvalue weighted by molar-refractivity contribution is 7.91. The van der Waals surface area contributed by atoms with Gasteiger partial charge in [0.1, 0.15) is 6.54 Å². The summed E-state index contributed by atoms with van der Waals surface area (Å²) in [6, 6.07) is 10.1. The fourth-order valence-corrected chi connectivity index (χ4v) is 6.50. The topological polar surface area (TPSA) is 109 Å². The van der Waals surface area contributed by atoms with Gasteiger partial charge in [0.15, 0.2) is 14.6 Å². The van der Waals surface area contributed by atoms with E-state index >= 15 is 0 Å². The smallest absolute Gasteiger partial charge is 0.323 e. The molecule has 1 aliphatic heterocycles. The SMILES string of the molecule is Cc1cn(CC(=O)O)/c(=N/C2CCN(C(=O)CCS(=O)(=O)c3ccc4cc(Cl)ccc4c3)CC2)s1. The monoisotopic (exact) mass is 535 g/mol. The van der Waals surface area contributed by atoms with Crippen LogP contribution in [0, 0.1) is 6.92 Å². The Morgan fingerprint density at radius 1 is 1.14 bits per heavy atom. The molecule has 1 amide bonds. The van der Waals surface area contributed by atoms with Crippen LogP contribution in [0.1, 0.15) is 24.1 Å². The molecular formula is C24H26ClN3O5S2. The lowest BCUT2D eigenvalue weighted by molar-refractivity contribution is -0.137. The van der Waals surface area contributed by atoms with Crippen molar-refractivity contribution in [3.8, 4) is 0 Å². The van der Waals surface area contributed by atoms with Crippen molar-refractivity contribution in [2.45, 2.75) is 43.7 Å². The Morgan fingerprint density at radius 2 is 1.83 bits per heavy atom. The maximum absolute atomic E-state index is 12.8. The predicted molar refractivity (Wildman–Crippen MR) is 135 cm³/mol. The van der Waals surface area contributed by atoms with Gasteiger partial charge >= 0.3 is 5.97 Å². The minimum atomic E-state index is -3.61. The molecule has 0 radical (unpaired) electrons. The number of nitrogens with zero attached hydrogens (tertiary/aromatic N) is 3. The van der Waals surface area contributed by atoms with Crippen molar-refractivity contribution in [1.82, 2.24) is 9.47 Å². The molecule has 4 rings (SSSR count). The number of carboxylic acid groups (broad SMARTS) is 1. The van der Waals surface area contributed by atoms with Gasteiger partial charge in [0, 0.05) is 35.6 Å². The van der Waals surface area contributed by atoms with E-state index < -0.39 is 15.8 Å². The second-order valence-electron chi connectivity index (χ2n) is 8.61. The molecule has 0 bridgehead atoms. The molecule has 1 saturated heterocycles. The summed E-state index contributed by atoms with van der Waals surface area (Å²) in [5.41, 5.74) is 0. The number of carbonyl (C=O) groups is 2. The van der Waals surface area contributed by atoms with Gasteiger partial charge in [-0.25, -0.2) is 8.42 Å². The fourth-order valence-electron chi connectivity index (χ4n) is 4.15.